The molecule has 4 atom stereocenters. The minimum absolute atomic E-state index is 0.0132. The number of hydrogen-bond acceptors (Lipinski definition) is 5. The molecule has 1 aliphatic rings. The summed E-state index contributed by atoms with van der Waals surface area (Å²) in [5, 5.41) is 22.7. The topological polar surface area (TPSA) is 102 Å². The molecule has 2 N–H and O–H groups in total. The van der Waals surface area contributed by atoms with Crippen LogP contribution >= 0.6 is 0 Å². The van der Waals surface area contributed by atoms with Crippen LogP contribution in [-0.2, 0) is 9.53 Å². The second-order valence-corrected chi connectivity index (χ2v) is 4.91. The molecule has 1 fully saturated rings. The number of ether oxygens (including phenoxy) is 1. The minimum Gasteiger partial charge on any atom is -0.480 e. The lowest BCUT2D eigenvalue weighted by Crippen LogP contribution is -2.53. The summed E-state index contributed by atoms with van der Waals surface area (Å²) >= 11 is 0. The first-order chi connectivity index (χ1) is 9.40. The first-order valence-electron chi connectivity index (χ1n) is 6.29. The van der Waals surface area contributed by atoms with E-state index in [4.69, 9.17) is 4.74 Å². The van der Waals surface area contributed by atoms with Crippen molar-refractivity contribution in [3.63, 3.8) is 0 Å². The number of carboxylic acids is 1. The highest BCUT2D eigenvalue weighted by molar-refractivity contribution is 5.74. The van der Waals surface area contributed by atoms with Crippen LogP contribution in [0.5, 0.6) is 0 Å². The predicted octanol–water partition coefficient (Wildman–Crippen LogP) is 1.69. The number of nitro groups is 1. The van der Waals surface area contributed by atoms with Crippen molar-refractivity contribution in [1.29, 1.82) is 0 Å². The Hall–Kier alpha value is -1.99. The Bertz CT molecular complexity index is 516. The van der Waals surface area contributed by atoms with Gasteiger partial charge >= 0.3 is 5.97 Å². The van der Waals surface area contributed by atoms with E-state index in [0.29, 0.717) is 5.56 Å². The van der Waals surface area contributed by atoms with Crippen molar-refractivity contribution in [3.8, 4) is 0 Å². The zero-order chi connectivity index (χ0) is 14.9. The maximum Gasteiger partial charge on any atom is 0.321 e. The van der Waals surface area contributed by atoms with Gasteiger partial charge in [-0.15, -0.1) is 0 Å². The third-order valence-electron chi connectivity index (χ3n) is 3.62. The molecule has 0 saturated carbocycles. The molecule has 2 rings (SSSR count). The number of hydrogen-bond donors (Lipinski definition) is 2. The molecule has 7 heteroatoms. The Morgan fingerprint density at radius 3 is 2.45 bits per heavy atom. The molecule has 0 amide bonds. The van der Waals surface area contributed by atoms with E-state index in [2.05, 4.69) is 5.32 Å². The first-order valence-corrected chi connectivity index (χ1v) is 6.29. The van der Waals surface area contributed by atoms with E-state index in [9.17, 15) is 20.0 Å². The van der Waals surface area contributed by atoms with E-state index in [1.54, 1.807) is 12.1 Å². The van der Waals surface area contributed by atoms with Crippen molar-refractivity contribution in [1.82, 2.24) is 5.32 Å². The van der Waals surface area contributed by atoms with Crippen LogP contribution < -0.4 is 5.32 Å². The van der Waals surface area contributed by atoms with Gasteiger partial charge in [0.25, 0.3) is 5.69 Å². The van der Waals surface area contributed by atoms with Crippen LogP contribution in [0, 0.1) is 16.0 Å². The van der Waals surface area contributed by atoms with E-state index >= 15 is 0 Å². The molecule has 108 valence electrons. The van der Waals surface area contributed by atoms with Crippen molar-refractivity contribution < 1.29 is 19.6 Å². The molecule has 0 spiro atoms. The van der Waals surface area contributed by atoms with E-state index in [0.717, 1.165) is 0 Å². The standard InChI is InChI=1S/C13H16N2O5/c1-7-8(2)20-12(14-11(7)13(16)17)9-3-5-10(6-4-9)15(18)19/h3-8,11-12,14H,1-2H3,(H,16,17). The number of non-ortho nitro benzene ring substituents is 1. The lowest BCUT2D eigenvalue weighted by atomic mass is 9.94. The first kappa shape index (κ1) is 14.4. The summed E-state index contributed by atoms with van der Waals surface area (Å²) in [4.78, 5) is 21.3. The number of nitrogens with zero attached hydrogens (tertiary/aromatic N) is 1. The lowest BCUT2D eigenvalue weighted by Gasteiger charge is -2.38. The molecule has 4 unspecified atom stereocenters. The fourth-order valence-electron chi connectivity index (χ4n) is 2.21. The van der Waals surface area contributed by atoms with Crippen LogP contribution in [0.4, 0.5) is 5.69 Å². The highest BCUT2D eigenvalue weighted by Gasteiger charge is 2.37. The molecule has 0 radical (unpaired) electrons. The quantitative estimate of drug-likeness (QED) is 0.645. The van der Waals surface area contributed by atoms with Gasteiger partial charge < -0.3 is 9.84 Å². The summed E-state index contributed by atoms with van der Waals surface area (Å²) in [6, 6.07) is 5.17. The molecule has 20 heavy (non-hydrogen) atoms. The molecule has 1 aliphatic heterocycles. The Kier molecular flexibility index (Phi) is 4.01. The van der Waals surface area contributed by atoms with Crippen molar-refractivity contribution >= 4 is 11.7 Å². The smallest absolute Gasteiger partial charge is 0.321 e. The third-order valence-corrected chi connectivity index (χ3v) is 3.62. The summed E-state index contributed by atoms with van der Waals surface area (Å²) in [6.45, 7) is 3.63. The predicted molar refractivity (Wildman–Crippen MR) is 70.1 cm³/mol. The van der Waals surface area contributed by atoms with Gasteiger partial charge in [-0.1, -0.05) is 6.92 Å². The molecule has 0 aliphatic carbocycles. The average molecular weight is 280 g/mol. The Morgan fingerprint density at radius 2 is 1.95 bits per heavy atom. The average Bonchev–Trinajstić information content (AvgIpc) is 2.41. The third kappa shape index (κ3) is 2.78. The zero-order valence-corrected chi connectivity index (χ0v) is 11.1. The number of aliphatic carboxylic acids is 1. The second-order valence-electron chi connectivity index (χ2n) is 4.91. The van der Waals surface area contributed by atoms with Gasteiger partial charge in [-0.25, -0.2) is 0 Å². The normalized spacial score (nSPS) is 29.9. The van der Waals surface area contributed by atoms with Crippen molar-refractivity contribution in [2.45, 2.75) is 32.2 Å². The van der Waals surface area contributed by atoms with E-state index < -0.39 is 23.2 Å². The molecule has 1 aromatic rings. The highest BCUT2D eigenvalue weighted by atomic mass is 16.6. The Balaban J connectivity index is 2.20. The number of rotatable bonds is 3. The van der Waals surface area contributed by atoms with Crippen LogP contribution in [-0.4, -0.2) is 28.1 Å². The second kappa shape index (κ2) is 5.56. The van der Waals surface area contributed by atoms with Gasteiger partial charge in [0.15, 0.2) is 0 Å². The van der Waals surface area contributed by atoms with Crippen LogP contribution in [0.3, 0.4) is 0 Å². The van der Waals surface area contributed by atoms with Crippen molar-refractivity contribution in [2.24, 2.45) is 5.92 Å². The summed E-state index contributed by atoms with van der Waals surface area (Å²) in [6.07, 6.45) is -0.805. The van der Waals surface area contributed by atoms with Gasteiger partial charge in [-0.2, -0.15) is 0 Å². The number of carbonyl (C=O) groups is 1. The van der Waals surface area contributed by atoms with Crippen LogP contribution in [0.2, 0.25) is 0 Å². The maximum atomic E-state index is 11.2. The number of nitro benzene ring substituents is 1. The largest absolute Gasteiger partial charge is 0.480 e. The number of nitrogens with one attached hydrogen (secondary N) is 1. The molecule has 0 bridgehead atoms. The SMILES string of the molecule is CC1OC(c2ccc([N+](=O)[O-])cc2)NC(C(=O)O)C1C. The lowest BCUT2D eigenvalue weighted by molar-refractivity contribution is -0.384. The maximum absolute atomic E-state index is 11.2. The molecular weight excluding hydrogens is 264 g/mol. The van der Waals surface area contributed by atoms with Gasteiger partial charge in [-0.05, 0) is 24.6 Å². The van der Waals surface area contributed by atoms with Gasteiger partial charge in [0.1, 0.15) is 12.3 Å². The number of benzene rings is 1. The van der Waals surface area contributed by atoms with Crippen molar-refractivity contribution in [3.05, 3.63) is 39.9 Å². The fourth-order valence-corrected chi connectivity index (χ4v) is 2.21. The van der Waals surface area contributed by atoms with Crippen molar-refractivity contribution in [2.75, 3.05) is 0 Å². The zero-order valence-electron chi connectivity index (χ0n) is 11.1. The Labute approximate surface area is 115 Å². The van der Waals surface area contributed by atoms with Crippen LogP contribution in [0.1, 0.15) is 25.6 Å². The number of carboxylic acid groups (broad SMARTS) is 1. The minimum atomic E-state index is -0.931. The van der Waals surface area contributed by atoms with Gasteiger partial charge in [0.2, 0.25) is 0 Å². The fraction of sp³-hybridized carbons (Fsp3) is 0.462. The van der Waals surface area contributed by atoms with E-state index in [-0.39, 0.29) is 17.7 Å². The molecule has 1 aromatic carbocycles. The molecular formula is C13H16N2O5. The van der Waals surface area contributed by atoms with Gasteiger partial charge in [-0.3, -0.25) is 20.2 Å². The summed E-state index contributed by atoms with van der Waals surface area (Å²) in [7, 11) is 0. The van der Waals surface area contributed by atoms with Gasteiger partial charge in [0.05, 0.1) is 11.0 Å². The summed E-state index contributed by atoms with van der Waals surface area (Å²) < 4.78 is 5.72. The van der Waals surface area contributed by atoms with E-state index in [1.165, 1.54) is 12.1 Å². The Morgan fingerprint density at radius 1 is 1.35 bits per heavy atom. The van der Waals surface area contributed by atoms with Gasteiger partial charge in [0, 0.05) is 18.1 Å². The van der Waals surface area contributed by atoms with Crippen LogP contribution in [0.25, 0.3) is 0 Å². The molecule has 1 heterocycles. The highest BCUT2D eigenvalue weighted by Crippen LogP contribution is 2.28. The molecule has 7 nitrogen and oxygen atoms in total. The molecule has 0 aromatic heterocycles. The van der Waals surface area contributed by atoms with Crippen LogP contribution in [0.15, 0.2) is 24.3 Å². The monoisotopic (exact) mass is 280 g/mol. The summed E-state index contributed by atoms with van der Waals surface area (Å²) in [5.74, 6) is -1.10. The molecule has 1 saturated heterocycles. The van der Waals surface area contributed by atoms with E-state index in [1.807, 2.05) is 13.8 Å². The summed E-state index contributed by atoms with van der Waals surface area (Å²) in [5.41, 5.74) is 0.654.